The predicted octanol–water partition coefficient (Wildman–Crippen LogP) is 1.27. The van der Waals surface area contributed by atoms with Gasteiger partial charge in [-0.3, -0.25) is 0 Å². The molecule has 4 heteroatoms. The molecule has 0 radical (unpaired) electrons. The van der Waals surface area contributed by atoms with Gasteiger partial charge in [0.1, 0.15) is 6.07 Å². The van der Waals surface area contributed by atoms with Crippen LogP contribution in [-0.2, 0) is 4.52 Å². The summed E-state index contributed by atoms with van der Waals surface area (Å²) in [5.74, 6) is 0. The molecule has 0 aliphatic carbocycles. The smallest absolute Gasteiger partial charge is 0.228 e. The Morgan fingerprint density at radius 2 is 2.43 bits per heavy atom. The fraction of sp³-hybridized carbons (Fsp3) is 0.667. The molecule has 0 amide bonds. The fourth-order valence-electron chi connectivity index (χ4n) is 0.0264. The SMILES string of the molecule is CC(Cl)(C#N)OP. The molecule has 2 unspecified atom stereocenters. The Bertz CT molecular complexity index is 97.6. The topological polar surface area (TPSA) is 33.0 Å². The maximum absolute atomic E-state index is 8.07. The van der Waals surface area contributed by atoms with Crippen LogP contribution in [0.25, 0.3) is 0 Å². The van der Waals surface area contributed by atoms with Gasteiger partial charge < -0.3 is 4.52 Å². The Morgan fingerprint density at radius 3 is 2.43 bits per heavy atom. The Balaban J connectivity index is 3.66. The van der Waals surface area contributed by atoms with Crippen LogP contribution >= 0.6 is 21.1 Å². The molecule has 0 aromatic rings. The number of hydrogen-bond acceptors (Lipinski definition) is 2. The Kier molecular flexibility index (Phi) is 2.53. The van der Waals surface area contributed by atoms with Crippen molar-refractivity contribution in [2.24, 2.45) is 0 Å². The third-order valence-electron chi connectivity index (χ3n) is 0.421. The van der Waals surface area contributed by atoms with Crippen molar-refractivity contribution in [2.75, 3.05) is 0 Å². The molecule has 0 N–H and O–H groups in total. The van der Waals surface area contributed by atoms with E-state index >= 15 is 0 Å². The van der Waals surface area contributed by atoms with E-state index in [1.165, 1.54) is 6.92 Å². The predicted molar refractivity (Wildman–Crippen MR) is 30.7 cm³/mol. The second kappa shape index (κ2) is 2.47. The number of nitriles is 1. The fourth-order valence-corrected chi connectivity index (χ4v) is 0.0791. The summed E-state index contributed by atoms with van der Waals surface area (Å²) in [7, 11) is 1.91. The second-order valence-corrected chi connectivity index (χ2v) is 2.10. The molecule has 2 nitrogen and oxygen atoms in total. The first-order chi connectivity index (χ1) is 3.12. The van der Waals surface area contributed by atoms with Gasteiger partial charge in [-0.15, -0.1) is 0 Å². The first kappa shape index (κ1) is 7.17. The monoisotopic (exact) mass is 137 g/mol. The van der Waals surface area contributed by atoms with Gasteiger partial charge in [-0.1, -0.05) is 11.6 Å². The largest absolute Gasteiger partial charge is 0.331 e. The van der Waals surface area contributed by atoms with Gasteiger partial charge >= 0.3 is 0 Å². The van der Waals surface area contributed by atoms with E-state index in [2.05, 4.69) is 4.52 Å². The van der Waals surface area contributed by atoms with Crippen molar-refractivity contribution < 1.29 is 4.52 Å². The summed E-state index contributed by atoms with van der Waals surface area (Å²) in [6.45, 7) is 1.46. The molecule has 40 valence electrons. The molecule has 0 saturated heterocycles. The van der Waals surface area contributed by atoms with E-state index in [9.17, 15) is 0 Å². The van der Waals surface area contributed by atoms with E-state index in [-0.39, 0.29) is 0 Å². The zero-order chi connectivity index (χ0) is 5.91. The van der Waals surface area contributed by atoms with Crippen molar-refractivity contribution >= 4 is 21.1 Å². The Hall–Kier alpha value is 0.170. The molecule has 0 rings (SSSR count). The Labute approximate surface area is 49.7 Å². The summed E-state index contributed by atoms with van der Waals surface area (Å²) in [4.78, 5) is 0. The van der Waals surface area contributed by atoms with Crippen LogP contribution in [-0.4, -0.2) is 5.06 Å². The van der Waals surface area contributed by atoms with E-state index in [1.807, 2.05) is 9.47 Å². The molecular weight excluding hydrogens is 132 g/mol. The minimum atomic E-state index is -1.18. The Morgan fingerprint density at radius 1 is 2.00 bits per heavy atom. The number of halogens is 1. The van der Waals surface area contributed by atoms with Crippen molar-refractivity contribution in [2.45, 2.75) is 12.0 Å². The van der Waals surface area contributed by atoms with E-state index < -0.39 is 5.06 Å². The lowest BCUT2D eigenvalue weighted by molar-refractivity contribution is 0.280. The van der Waals surface area contributed by atoms with E-state index in [4.69, 9.17) is 16.9 Å². The normalized spacial score (nSPS) is 17.4. The molecule has 0 heterocycles. The highest BCUT2D eigenvalue weighted by atomic mass is 35.5. The van der Waals surface area contributed by atoms with Crippen molar-refractivity contribution in [3.8, 4) is 6.07 Å². The molecule has 0 aliphatic heterocycles. The first-order valence-corrected chi connectivity index (χ1v) is 2.45. The third-order valence-corrected chi connectivity index (χ3v) is 1.22. The van der Waals surface area contributed by atoms with Crippen molar-refractivity contribution in [1.82, 2.24) is 0 Å². The lowest BCUT2D eigenvalue weighted by Gasteiger charge is -2.06. The molecule has 0 spiro atoms. The first-order valence-electron chi connectivity index (χ1n) is 1.60. The lowest BCUT2D eigenvalue weighted by Crippen LogP contribution is -2.11. The van der Waals surface area contributed by atoms with Gasteiger partial charge in [0, 0.05) is 9.47 Å². The van der Waals surface area contributed by atoms with Crippen LogP contribution in [0.5, 0.6) is 0 Å². The van der Waals surface area contributed by atoms with Crippen molar-refractivity contribution in [1.29, 1.82) is 5.26 Å². The van der Waals surface area contributed by atoms with Crippen LogP contribution in [0.15, 0.2) is 0 Å². The van der Waals surface area contributed by atoms with Gasteiger partial charge in [-0.05, 0) is 6.92 Å². The van der Waals surface area contributed by atoms with E-state index in [0.29, 0.717) is 0 Å². The summed E-state index contributed by atoms with van der Waals surface area (Å²) in [5.41, 5.74) is 0. The number of nitrogens with zero attached hydrogens (tertiary/aromatic N) is 1. The highest BCUT2D eigenvalue weighted by molar-refractivity contribution is 7.10. The molecule has 0 aromatic carbocycles. The molecule has 0 saturated carbocycles. The van der Waals surface area contributed by atoms with Gasteiger partial charge in [-0.25, -0.2) is 0 Å². The highest BCUT2D eigenvalue weighted by Crippen LogP contribution is 2.16. The van der Waals surface area contributed by atoms with Gasteiger partial charge in [-0.2, -0.15) is 5.26 Å². The maximum atomic E-state index is 8.07. The maximum Gasteiger partial charge on any atom is 0.228 e. The summed E-state index contributed by atoms with van der Waals surface area (Å²) in [5, 5.41) is 6.90. The number of rotatable bonds is 1. The molecule has 0 aromatic heterocycles. The zero-order valence-electron chi connectivity index (χ0n) is 3.81. The minimum Gasteiger partial charge on any atom is -0.331 e. The van der Waals surface area contributed by atoms with Gasteiger partial charge in [0.25, 0.3) is 0 Å². The summed E-state index contributed by atoms with van der Waals surface area (Å²) >= 11 is 5.30. The minimum absolute atomic E-state index is 1.18. The average molecular weight is 138 g/mol. The van der Waals surface area contributed by atoms with Gasteiger partial charge in [0.15, 0.2) is 0 Å². The van der Waals surface area contributed by atoms with Crippen LogP contribution in [0, 0.1) is 11.3 Å². The summed E-state index contributed by atoms with van der Waals surface area (Å²) in [6.07, 6.45) is 0. The zero-order valence-corrected chi connectivity index (χ0v) is 5.72. The lowest BCUT2D eigenvalue weighted by atomic mass is 10.5. The molecular formula is C3H5ClNOP. The van der Waals surface area contributed by atoms with E-state index in [0.717, 1.165) is 0 Å². The highest BCUT2D eigenvalue weighted by Gasteiger charge is 2.16. The van der Waals surface area contributed by atoms with Crippen LogP contribution in [0.1, 0.15) is 6.92 Å². The third kappa shape index (κ3) is 2.82. The van der Waals surface area contributed by atoms with Crippen LogP contribution in [0.4, 0.5) is 0 Å². The standard InChI is InChI=1S/C3H5ClNOP/c1-3(4,2-5)6-7/h7H2,1H3. The van der Waals surface area contributed by atoms with Crippen LogP contribution in [0.3, 0.4) is 0 Å². The van der Waals surface area contributed by atoms with Crippen LogP contribution < -0.4 is 0 Å². The van der Waals surface area contributed by atoms with Gasteiger partial charge in [0.05, 0.1) is 0 Å². The molecule has 0 bridgehead atoms. The van der Waals surface area contributed by atoms with Gasteiger partial charge in [0.2, 0.25) is 5.06 Å². The second-order valence-electron chi connectivity index (χ2n) is 1.15. The summed E-state index contributed by atoms with van der Waals surface area (Å²) in [6, 6.07) is 1.71. The van der Waals surface area contributed by atoms with Crippen molar-refractivity contribution in [3.05, 3.63) is 0 Å². The van der Waals surface area contributed by atoms with Crippen LogP contribution in [0.2, 0.25) is 0 Å². The molecule has 2 atom stereocenters. The van der Waals surface area contributed by atoms with E-state index in [1.54, 1.807) is 6.07 Å². The summed E-state index contributed by atoms with van der Waals surface area (Å²) < 4.78 is 4.41. The van der Waals surface area contributed by atoms with Crippen molar-refractivity contribution in [3.63, 3.8) is 0 Å². The average Bonchev–Trinajstić information content (AvgIpc) is 1.68. The quantitative estimate of drug-likeness (QED) is 0.403. The molecule has 0 aliphatic rings. The number of alkyl halides is 1. The molecule has 0 fully saturated rings. The molecule has 7 heavy (non-hydrogen) atoms. The number of hydrogen-bond donors (Lipinski definition) is 0.